The summed E-state index contributed by atoms with van der Waals surface area (Å²) in [4.78, 5) is 20.6. The van der Waals surface area contributed by atoms with E-state index in [0.717, 1.165) is 28.4 Å². The van der Waals surface area contributed by atoms with Gasteiger partial charge in [0.05, 0.1) is 18.9 Å². The molecule has 1 aromatic heterocycles. The molecule has 0 saturated heterocycles. The molecule has 0 unspecified atom stereocenters. The van der Waals surface area contributed by atoms with Crippen LogP contribution in [0.1, 0.15) is 18.7 Å². The van der Waals surface area contributed by atoms with Crippen LogP contribution in [-0.4, -0.2) is 42.9 Å². The van der Waals surface area contributed by atoms with Gasteiger partial charge in [-0.05, 0) is 6.42 Å². The number of rotatable bonds is 5. The van der Waals surface area contributed by atoms with Crippen LogP contribution < -0.4 is 0 Å². The fraction of sp³-hybridized carbons (Fsp3) is 0.235. The Morgan fingerprint density at radius 2 is 2.08 bits per heavy atom. The van der Waals surface area contributed by atoms with Crippen LogP contribution >= 0.6 is 0 Å². The molecule has 0 fully saturated rings. The molecule has 0 radical (unpaired) electrons. The van der Waals surface area contributed by atoms with Crippen molar-refractivity contribution in [3.8, 4) is 22.8 Å². The lowest BCUT2D eigenvalue weighted by molar-refractivity contribution is -0.140. The molecule has 2 aliphatic rings. The largest absolute Gasteiger partial charge is 0.469 e. The smallest absolute Gasteiger partial charge is 0.305 e. The summed E-state index contributed by atoms with van der Waals surface area (Å²) in [5.41, 5.74) is 2.49. The van der Waals surface area contributed by atoms with Crippen LogP contribution in [0, 0.1) is 0 Å². The van der Waals surface area contributed by atoms with Crippen molar-refractivity contribution in [1.82, 2.24) is 29.8 Å². The average molecular weight is 336 g/mol. The Morgan fingerprint density at radius 1 is 1.24 bits per heavy atom. The number of esters is 1. The summed E-state index contributed by atoms with van der Waals surface area (Å²) < 4.78 is 6.53. The van der Waals surface area contributed by atoms with Crippen molar-refractivity contribution in [3.63, 3.8) is 0 Å². The number of aryl methyl sites for hydroxylation is 1. The zero-order chi connectivity index (χ0) is 17.2. The highest BCUT2D eigenvalue weighted by Crippen LogP contribution is 2.25. The number of benzene rings is 1. The Morgan fingerprint density at radius 3 is 2.88 bits per heavy atom. The van der Waals surface area contributed by atoms with Gasteiger partial charge in [-0.2, -0.15) is 5.10 Å². The first-order chi connectivity index (χ1) is 12.3. The quantitative estimate of drug-likeness (QED) is 0.561. The first kappa shape index (κ1) is 15.3. The van der Waals surface area contributed by atoms with Gasteiger partial charge in [-0.1, -0.05) is 30.3 Å². The van der Waals surface area contributed by atoms with Crippen molar-refractivity contribution in [2.75, 3.05) is 7.11 Å². The number of nitrogens with zero attached hydrogens (tertiary/aromatic N) is 5. The number of methoxy groups -OCH3 is 1. The van der Waals surface area contributed by atoms with E-state index in [-0.39, 0.29) is 5.97 Å². The van der Waals surface area contributed by atoms with Gasteiger partial charge < -0.3 is 4.74 Å². The predicted molar refractivity (Wildman–Crippen MR) is 89.9 cm³/mol. The molecular weight excluding hydrogens is 320 g/mol. The normalized spacial score (nSPS) is 11.2. The Kier molecular flexibility index (Phi) is 3.85. The zero-order valence-corrected chi connectivity index (χ0v) is 13.6. The van der Waals surface area contributed by atoms with Crippen LogP contribution in [0.3, 0.4) is 0 Å². The van der Waals surface area contributed by atoms with Crippen LogP contribution in [-0.2, 0) is 16.0 Å². The molecule has 0 bridgehead atoms. The van der Waals surface area contributed by atoms with Gasteiger partial charge >= 0.3 is 5.97 Å². The molecule has 126 valence electrons. The minimum absolute atomic E-state index is 0.231. The SMILES string of the molecule is COC(=O)CCCc1nc2nncc-2c2nc(-c3ccccc3)[nH]n12. The number of carbonyl (C=O) groups excluding carboxylic acids is 1. The fourth-order valence-electron chi connectivity index (χ4n) is 2.76. The van der Waals surface area contributed by atoms with Gasteiger partial charge in [0.15, 0.2) is 17.3 Å². The molecular formula is C17H16N6O2. The molecule has 0 atom stereocenters. The van der Waals surface area contributed by atoms with Crippen molar-refractivity contribution in [3.05, 3.63) is 42.4 Å². The van der Waals surface area contributed by atoms with Crippen molar-refractivity contribution >= 4 is 11.6 Å². The lowest BCUT2D eigenvalue weighted by Gasteiger charge is -2.06. The standard InChI is InChI=1S/C17H16N6O2/c1-25-14(24)9-5-8-13-19-16-12(10-18-21-16)17-20-15(22-23(13)17)11-6-3-2-4-7-11/h2-4,6-7,10H,5,8-9H2,1H3,(H,20,22). The highest BCUT2D eigenvalue weighted by Gasteiger charge is 2.19. The van der Waals surface area contributed by atoms with Crippen LogP contribution in [0.5, 0.6) is 0 Å². The third-order valence-electron chi connectivity index (χ3n) is 4.02. The first-order valence-corrected chi connectivity index (χ1v) is 7.97. The Balaban J connectivity index is 1.76. The number of ether oxygens (including phenoxy) is 1. The van der Waals surface area contributed by atoms with Gasteiger partial charge in [0, 0.05) is 18.4 Å². The summed E-state index contributed by atoms with van der Waals surface area (Å²) in [6, 6.07) is 9.86. The number of hydrogen-bond donors (Lipinski definition) is 1. The summed E-state index contributed by atoms with van der Waals surface area (Å²) >= 11 is 0. The molecule has 1 aromatic carbocycles. The molecule has 4 rings (SSSR count). The van der Waals surface area contributed by atoms with Gasteiger partial charge in [0.2, 0.25) is 0 Å². The molecule has 0 aliphatic carbocycles. The minimum Gasteiger partial charge on any atom is -0.469 e. The van der Waals surface area contributed by atoms with Crippen LogP contribution in [0.15, 0.2) is 36.5 Å². The molecule has 2 aromatic rings. The third kappa shape index (κ3) is 2.82. The lowest BCUT2D eigenvalue weighted by Crippen LogP contribution is -2.07. The van der Waals surface area contributed by atoms with E-state index in [1.807, 2.05) is 34.8 Å². The summed E-state index contributed by atoms with van der Waals surface area (Å²) in [6.07, 6.45) is 3.22. The number of aromatic nitrogens is 6. The molecule has 0 spiro atoms. The van der Waals surface area contributed by atoms with Crippen molar-refractivity contribution in [2.45, 2.75) is 19.3 Å². The molecule has 2 aliphatic heterocycles. The molecule has 0 amide bonds. The molecule has 1 N–H and O–H groups in total. The Hall–Kier alpha value is -3.29. The second-order valence-electron chi connectivity index (χ2n) is 5.64. The first-order valence-electron chi connectivity index (χ1n) is 7.97. The van der Waals surface area contributed by atoms with Crippen molar-refractivity contribution in [1.29, 1.82) is 0 Å². The van der Waals surface area contributed by atoms with E-state index < -0.39 is 0 Å². The number of H-pyrrole nitrogens is 1. The Bertz CT molecular complexity index is 991. The second kappa shape index (κ2) is 6.31. The van der Waals surface area contributed by atoms with Crippen LogP contribution in [0.2, 0.25) is 0 Å². The molecule has 3 heterocycles. The maximum absolute atomic E-state index is 11.3. The number of carbonyl (C=O) groups is 1. The minimum atomic E-state index is -0.231. The number of hydrogen-bond acceptors (Lipinski definition) is 6. The van der Waals surface area contributed by atoms with Gasteiger partial charge in [-0.15, -0.1) is 5.10 Å². The maximum Gasteiger partial charge on any atom is 0.305 e. The lowest BCUT2D eigenvalue weighted by atomic mass is 10.2. The van der Waals surface area contributed by atoms with Gasteiger partial charge in [0.1, 0.15) is 5.82 Å². The number of nitrogens with one attached hydrogen (secondary N) is 1. The monoisotopic (exact) mass is 336 g/mol. The molecule has 25 heavy (non-hydrogen) atoms. The predicted octanol–water partition coefficient (Wildman–Crippen LogP) is 2.11. The van der Waals surface area contributed by atoms with Gasteiger partial charge in [-0.3, -0.25) is 9.89 Å². The van der Waals surface area contributed by atoms with E-state index in [2.05, 4.69) is 25.0 Å². The van der Waals surface area contributed by atoms with E-state index in [1.165, 1.54) is 7.11 Å². The number of aromatic amines is 1. The van der Waals surface area contributed by atoms with Crippen molar-refractivity contribution in [2.24, 2.45) is 0 Å². The van der Waals surface area contributed by atoms with Crippen LogP contribution in [0.25, 0.3) is 28.4 Å². The van der Waals surface area contributed by atoms with Crippen molar-refractivity contribution < 1.29 is 9.53 Å². The van der Waals surface area contributed by atoms with E-state index in [1.54, 1.807) is 6.20 Å². The summed E-state index contributed by atoms with van der Waals surface area (Å²) in [5, 5.41) is 11.3. The number of fused-ring (bicyclic) bond motifs is 3. The molecule has 8 nitrogen and oxygen atoms in total. The summed E-state index contributed by atoms with van der Waals surface area (Å²) in [7, 11) is 1.39. The van der Waals surface area contributed by atoms with E-state index >= 15 is 0 Å². The molecule has 8 heteroatoms. The van der Waals surface area contributed by atoms with E-state index in [4.69, 9.17) is 4.98 Å². The topological polar surface area (TPSA) is 98.1 Å². The van der Waals surface area contributed by atoms with Gasteiger partial charge in [-0.25, -0.2) is 14.5 Å². The summed E-state index contributed by atoms with van der Waals surface area (Å²) in [6.45, 7) is 0. The third-order valence-corrected chi connectivity index (χ3v) is 4.02. The fourth-order valence-corrected chi connectivity index (χ4v) is 2.76. The zero-order valence-electron chi connectivity index (χ0n) is 13.6. The van der Waals surface area contributed by atoms with Crippen LogP contribution in [0.4, 0.5) is 0 Å². The van der Waals surface area contributed by atoms with E-state index in [9.17, 15) is 4.79 Å². The summed E-state index contributed by atoms with van der Waals surface area (Å²) in [5.74, 6) is 1.82. The highest BCUT2D eigenvalue weighted by atomic mass is 16.5. The highest BCUT2D eigenvalue weighted by molar-refractivity contribution is 5.75. The van der Waals surface area contributed by atoms with E-state index in [0.29, 0.717) is 25.1 Å². The maximum atomic E-state index is 11.3. The Labute approximate surface area is 143 Å². The average Bonchev–Trinajstić information content (AvgIpc) is 3.28. The van der Waals surface area contributed by atoms with Gasteiger partial charge in [0.25, 0.3) is 0 Å². The molecule has 0 saturated carbocycles. The second-order valence-corrected chi connectivity index (χ2v) is 5.64.